The summed E-state index contributed by atoms with van der Waals surface area (Å²) in [6.07, 6.45) is 1.54. The highest BCUT2D eigenvalue weighted by molar-refractivity contribution is 9.10. The van der Waals surface area contributed by atoms with E-state index >= 15 is 0 Å². The predicted octanol–water partition coefficient (Wildman–Crippen LogP) is 8.09. The van der Waals surface area contributed by atoms with Crippen LogP contribution in [0.5, 0.6) is 11.5 Å². The SMILES string of the molecule is CC(C)c1ccc2c(Nc3cc(COc4cccc(Br)c4)ccc3Sc3ccc(O)cc3)ncnc2n1. The van der Waals surface area contributed by atoms with Gasteiger partial charge >= 0.3 is 0 Å². The topological polar surface area (TPSA) is 80.2 Å². The molecule has 0 unspecified atom stereocenters. The van der Waals surface area contributed by atoms with Crippen LogP contribution in [0.4, 0.5) is 11.5 Å². The Balaban J connectivity index is 1.48. The van der Waals surface area contributed by atoms with E-state index in [-0.39, 0.29) is 5.75 Å². The Morgan fingerprint density at radius 3 is 2.59 bits per heavy atom. The summed E-state index contributed by atoms with van der Waals surface area (Å²) in [6, 6.07) is 25.2. The molecule has 0 spiro atoms. The Bertz CT molecular complexity index is 1540. The number of phenolic OH excluding ortho intramolecular Hbond substituents is 1. The number of rotatable bonds is 8. The number of halogens is 1. The number of nitrogens with zero attached hydrogens (tertiary/aromatic N) is 3. The smallest absolute Gasteiger partial charge is 0.164 e. The predicted molar refractivity (Wildman–Crippen MR) is 152 cm³/mol. The van der Waals surface area contributed by atoms with E-state index in [1.54, 1.807) is 23.9 Å². The fourth-order valence-corrected chi connectivity index (χ4v) is 4.98. The minimum absolute atomic E-state index is 0.239. The lowest BCUT2D eigenvalue weighted by atomic mass is 10.1. The molecule has 37 heavy (non-hydrogen) atoms. The maximum absolute atomic E-state index is 9.67. The summed E-state index contributed by atoms with van der Waals surface area (Å²) in [7, 11) is 0. The second-order valence-corrected chi connectivity index (χ2v) is 10.8. The van der Waals surface area contributed by atoms with Gasteiger partial charge in [0.15, 0.2) is 5.65 Å². The molecule has 0 bridgehead atoms. The molecule has 0 radical (unpaired) electrons. The molecule has 2 heterocycles. The normalized spacial score (nSPS) is 11.1. The van der Waals surface area contributed by atoms with E-state index < -0.39 is 0 Å². The molecular formula is C29H25BrN4O2S. The molecule has 0 saturated carbocycles. The number of benzene rings is 3. The number of fused-ring (bicyclic) bond motifs is 1. The number of hydrogen-bond donors (Lipinski definition) is 2. The van der Waals surface area contributed by atoms with E-state index in [0.717, 1.165) is 42.3 Å². The molecule has 186 valence electrons. The number of aromatic hydroxyl groups is 1. The van der Waals surface area contributed by atoms with E-state index in [0.29, 0.717) is 24.0 Å². The average molecular weight is 574 g/mol. The summed E-state index contributed by atoms with van der Waals surface area (Å²) in [6.45, 7) is 4.64. The zero-order chi connectivity index (χ0) is 25.8. The van der Waals surface area contributed by atoms with Crippen molar-refractivity contribution in [2.45, 2.75) is 36.2 Å². The maximum Gasteiger partial charge on any atom is 0.164 e. The van der Waals surface area contributed by atoms with Gasteiger partial charge in [0.1, 0.15) is 30.3 Å². The van der Waals surface area contributed by atoms with E-state index in [2.05, 4.69) is 63.3 Å². The summed E-state index contributed by atoms with van der Waals surface area (Å²) in [4.78, 5) is 15.7. The first-order valence-electron chi connectivity index (χ1n) is 11.8. The minimum atomic E-state index is 0.239. The van der Waals surface area contributed by atoms with Gasteiger partial charge in [0.25, 0.3) is 0 Å². The van der Waals surface area contributed by atoms with E-state index in [1.807, 2.05) is 48.5 Å². The number of aromatic nitrogens is 3. The first kappa shape index (κ1) is 25.0. The quantitative estimate of drug-likeness (QED) is 0.194. The van der Waals surface area contributed by atoms with Gasteiger partial charge in [-0.25, -0.2) is 15.0 Å². The third-order valence-corrected chi connectivity index (χ3v) is 7.25. The summed E-state index contributed by atoms with van der Waals surface area (Å²) >= 11 is 5.09. The zero-order valence-electron chi connectivity index (χ0n) is 20.4. The van der Waals surface area contributed by atoms with Crippen LogP contribution in [0, 0.1) is 0 Å². The molecule has 0 fully saturated rings. The molecule has 0 aliphatic carbocycles. The van der Waals surface area contributed by atoms with Crippen molar-refractivity contribution >= 4 is 50.2 Å². The highest BCUT2D eigenvalue weighted by Gasteiger charge is 2.12. The highest BCUT2D eigenvalue weighted by Crippen LogP contribution is 2.37. The minimum Gasteiger partial charge on any atom is -0.508 e. The third-order valence-electron chi connectivity index (χ3n) is 5.67. The number of hydrogen-bond acceptors (Lipinski definition) is 7. The lowest BCUT2D eigenvalue weighted by molar-refractivity contribution is 0.306. The molecule has 0 amide bonds. The van der Waals surface area contributed by atoms with Gasteiger partial charge in [-0.1, -0.05) is 53.7 Å². The van der Waals surface area contributed by atoms with Crippen molar-refractivity contribution in [3.05, 3.63) is 101 Å². The molecule has 0 atom stereocenters. The van der Waals surface area contributed by atoms with Gasteiger partial charge in [-0.15, -0.1) is 0 Å². The first-order valence-corrected chi connectivity index (χ1v) is 13.4. The van der Waals surface area contributed by atoms with Crippen molar-refractivity contribution < 1.29 is 9.84 Å². The van der Waals surface area contributed by atoms with Crippen molar-refractivity contribution in [1.29, 1.82) is 0 Å². The Kier molecular flexibility index (Phi) is 7.58. The van der Waals surface area contributed by atoms with Crippen LogP contribution < -0.4 is 10.1 Å². The van der Waals surface area contributed by atoms with Gasteiger partial charge in [-0.2, -0.15) is 0 Å². The second kappa shape index (κ2) is 11.2. The molecule has 5 aromatic rings. The molecule has 0 aliphatic rings. The molecule has 2 aromatic heterocycles. The van der Waals surface area contributed by atoms with Gasteiger partial charge in [-0.3, -0.25) is 0 Å². The standard InChI is InChI=1S/C29H25BrN4O2S/c1-18(2)25-12-11-24-28(33-25)31-17-32-29(24)34-26-14-19(16-36-22-5-3-4-20(30)15-22)6-13-27(26)37-23-9-7-21(35)8-10-23/h3-15,17-18,35H,16H2,1-2H3,(H,31,32,33,34). The summed E-state index contributed by atoms with van der Waals surface area (Å²) in [5.41, 5.74) is 3.55. The van der Waals surface area contributed by atoms with Gasteiger partial charge in [0, 0.05) is 20.0 Å². The lowest BCUT2D eigenvalue weighted by Crippen LogP contribution is -2.02. The van der Waals surface area contributed by atoms with Crippen molar-refractivity contribution in [3.8, 4) is 11.5 Å². The van der Waals surface area contributed by atoms with Gasteiger partial charge in [-0.05, 0) is 78.2 Å². The maximum atomic E-state index is 9.67. The second-order valence-electron chi connectivity index (χ2n) is 8.78. The molecule has 0 aliphatic heterocycles. The van der Waals surface area contributed by atoms with Gasteiger partial charge < -0.3 is 15.2 Å². The van der Waals surface area contributed by atoms with E-state index in [9.17, 15) is 5.11 Å². The Morgan fingerprint density at radius 2 is 1.81 bits per heavy atom. The van der Waals surface area contributed by atoms with E-state index in [1.165, 1.54) is 6.33 Å². The largest absolute Gasteiger partial charge is 0.508 e. The summed E-state index contributed by atoms with van der Waals surface area (Å²) in [5, 5.41) is 14.0. The lowest BCUT2D eigenvalue weighted by Gasteiger charge is -2.15. The molecule has 6 nitrogen and oxygen atoms in total. The Hall–Kier alpha value is -3.62. The fourth-order valence-electron chi connectivity index (χ4n) is 3.72. The number of anilines is 2. The summed E-state index contributed by atoms with van der Waals surface area (Å²) < 4.78 is 7.00. The molecule has 3 aromatic carbocycles. The number of nitrogens with one attached hydrogen (secondary N) is 1. The number of ether oxygens (including phenoxy) is 1. The van der Waals surface area contributed by atoms with Crippen LogP contribution in [0.2, 0.25) is 0 Å². The third kappa shape index (κ3) is 6.21. The van der Waals surface area contributed by atoms with E-state index in [4.69, 9.17) is 9.72 Å². The Morgan fingerprint density at radius 1 is 0.973 bits per heavy atom. The first-order chi connectivity index (χ1) is 17.9. The van der Waals surface area contributed by atoms with Crippen LogP contribution in [-0.2, 0) is 6.61 Å². The van der Waals surface area contributed by atoms with Crippen molar-refractivity contribution in [1.82, 2.24) is 15.0 Å². The van der Waals surface area contributed by atoms with Crippen LogP contribution in [0.25, 0.3) is 11.0 Å². The Labute approximate surface area is 228 Å². The van der Waals surface area contributed by atoms with Crippen LogP contribution in [0.1, 0.15) is 31.0 Å². The zero-order valence-corrected chi connectivity index (χ0v) is 22.8. The molecule has 2 N–H and O–H groups in total. The van der Waals surface area contributed by atoms with Crippen molar-refractivity contribution in [2.24, 2.45) is 0 Å². The molecule has 0 saturated heterocycles. The monoisotopic (exact) mass is 572 g/mol. The highest BCUT2D eigenvalue weighted by atomic mass is 79.9. The molecule has 5 rings (SSSR count). The van der Waals surface area contributed by atoms with Crippen LogP contribution in [-0.4, -0.2) is 20.1 Å². The number of pyridine rings is 1. The molecular weight excluding hydrogens is 548 g/mol. The van der Waals surface area contributed by atoms with Gasteiger partial charge in [0.05, 0.1) is 11.1 Å². The van der Waals surface area contributed by atoms with Crippen molar-refractivity contribution in [2.75, 3.05) is 5.32 Å². The van der Waals surface area contributed by atoms with Crippen LogP contribution >= 0.6 is 27.7 Å². The van der Waals surface area contributed by atoms with Crippen molar-refractivity contribution in [3.63, 3.8) is 0 Å². The fraction of sp³-hybridized carbons (Fsp3) is 0.138. The number of phenols is 1. The van der Waals surface area contributed by atoms with Crippen LogP contribution in [0.15, 0.2) is 99.5 Å². The van der Waals surface area contributed by atoms with Crippen LogP contribution in [0.3, 0.4) is 0 Å². The average Bonchev–Trinajstić information content (AvgIpc) is 2.90. The summed E-state index contributed by atoms with van der Waals surface area (Å²) in [5.74, 6) is 2.03. The molecule has 8 heteroatoms. The van der Waals surface area contributed by atoms with Gasteiger partial charge in [0.2, 0.25) is 0 Å².